The Morgan fingerprint density at radius 1 is 1.38 bits per heavy atom. The first kappa shape index (κ1) is 16.9. The van der Waals surface area contributed by atoms with Gasteiger partial charge >= 0.3 is 0 Å². The molecule has 0 saturated carbocycles. The lowest BCUT2D eigenvalue weighted by atomic mass is 10.0. The summed E-state index contributed by atoms with van der Waals surface area (Å²) < 4.78 is 5.25. The molecule has 0 spiro atoms. The van der Waals surface area contributed by atoms with E-state index in [0.717, 1.165) is 16.9 Å². The zero-order valence-electron chi connectivity index (χ0n) is 14.1. The Morgan fingerprint density at radius 2 is 2.12 bits per heavy atom. The van der Waals surface area contributed by atoms with Crippen LogP contribution in [0.1, 0.15) is 35.9 Å². The number of imidazole rings is 1. The number of amides is 1. The van der Waals surface area contributed by atoms with E-state index in [1.165, 1.54) is 4.90 Å². The summed E-state index contributed by atoms with van der Waals surface area (Å²) in [5.41, 5.74) is 2.11. The molecular formula is C17H23N3O4. The van der Waals surface area contributed by atoms with Crippen molar-refractivity contribution in [3.05, 3.63) is 29.6 Å². The van der Waals surface area contributed by atoms with Gasteiger partial charge in [-0.25, -0.2) is 4.98 Å². The second-order valence-corrected chi connectivity index (χ2v) is 6.59. The third-order valence-electron chi connectivity index (χ3n) is 4.48. The molecule has 1 saturated heterocycles. The van der Waals surface area contributed by atoms with E-state index < -0.39 is 18.2 Å². The number of nitrogens with zero attached hydrogens (tertiary/aromatic N) is 2. The van der Waals surface area contributed by atoms with Crippen molar-refractivity contribution in [2.45, 2.75) is 38.0 Å². The fourth-order valence-corrected chi connectivity index (χ4v) is 2.89. The van der Waals surface area contributed by atoms with E-state index in [1.54, 1.807) is 25.2 Å². The Balaban J connectivity index is 1.84. The summed E-state index contributed by atoms with van der Waals surface area (Å²) in [6.45, 7) is 4.38. The van der Waals surface area contributed by atoms with E-state index >= 15 is 0 Å². The average molecular weight is 333 g/mol. The van der Waals surface area contributed by atoms with Crippen LogP contribution in [0.25, 0.3) is 11.0 Å². The summed E-state index contributed by atoms with van der Waals surface area (Å²) in [6.07, 6.45) is -2.00. The van der Waals surface area contributed by atoms with Gasteiger partial charge in [0.15, 0.2) is 0 Å². The Morgan fingerprint density at radius 3 is 2.83 bits per heavy atom. The lowest BCUT2D eigenvalue weighted by Gasteiger charge is -2.37. The monoisotopic (exact) mass is 333 g/mol. The maximum atomic E-state index is 12.7. The highest BCUT2D eigenvalue weighted by Gasteiger charge is 2.36. The van der Waals surface area contributed by atoms with Gasteiger partial charge in [-0.05, 0) is 18.2 Å². The number of aromatic amines is 1. The molecule has 1 aliphatic rings. The summed E-state index contributed by atoms with van der Waals surface area (Å²) in [5.74, 6) is 0.914. The lowest BCUT2D eigenvalue weighted by Crippen LogP contribution is -2.56. The van der Waals surface area contributed by atoms with Crippen molar-refractivity contribution in [3.63, 3.8) is 0 Å². The Bertz CT molecular complexity index is 743. The Labute approximate surface area is 140 Å². The third-order valence-corrected chi connectivity index (χ3v) is 4.48. The number of aliphatic hydroxyl groups is 2. The molecule has 2 aromatic rings. The van der Waals surface area contributed by atoms with E-state index in [0.29, 0.717) is 5.56 Å². The molecule has 2 heterocycles. The maximum Gasteiger partial charge on any atom is 0.254 e. The van der Waals surface area contributed by atoms with Gasteiger partial charge in [-0.15, -0.1) is 0 Å². The number of aromatic nitrogens is 2. The summed E-state index contributed by atoms with van der Waals surface area (Å²) in [4.78, 5) is 21.9. The number of hydrogen-bond donors (Lipinski definition) is 3. The van der Waals surface area contributed by atoms with Crippen molar-refractivity contribution in [2.75, 3.05) is 20.3 Å². The molecule has 0 unspecified atom stereocenters. The highest BCUT2D eigenvalue weighted by Crippen LogP contribution is 2.21. The van der Waals surface area contributed by atoms with Crippen LogP contribution in [-0.4, -0.2) is 69.5 Å². The van der Waals surface area contributed by atoms with Crippen molar-refractivity contribution in [1.29, 1.82) is 0 Å². The van der Waals surface area contributed by atoms with Gasteiger partial charge in [-0.2, -0.15) is 0 Å². The van der Waals surface area contributed by atoms with Crippen LogP contribution in [0, 0.1) is 0 Å². The largest absolute Gasteiger partial charge is 0.388 e. The molecular weight excluding hydrogens is 310 g/mol. The van der Waals surface area contributed by atoms with Crippen LogP contribution in [0.15, 0.2) is 18.2 Å². The van der Waals surface area contributed by atoms with E-state index in [1.807, 2.05) is 13.8 Å². The van der Waals surface area contributed by atoms with Crippen molar-refractivity contribution >= 4 is 16.9 Å². The molecule has 0 aliphatic carbocycles. The van der Waals surface area contributed by atoms with E-state index in [-0.39, 0.29) is 25.0 Å². The van der Waals surface area contributed by atoms with Gasteiger partial charge in [0, 0.05) is 18.5 Å². The van der Waals surface area contributed by atoms with Gasteiger partial charge in [0.25, 0.3) is 5.91 Å². The molecule has 0 bridgehead atoms. The van der Waals surface area contributed by atoms with Gasteiger partial charge in [0.2, 0.25) is 0 Å². The molecule has 3 atom stereocenters. The number of fused-ring (bicyclic) bond motifs is 1. The molecule has 7 heteroatoms. The molecule has 1 amide bonds. The second-order valence-electron chi connectivity index (χ2n) is 6.59. The molecule has 130 valence electrons. The zero-order chi connectivity index (χ0) is 17.4. The molecule has 3 N–H and O–H groups in total. The van der Waals surface area contributed by atoms with Crippen LogP contribution < -0.4 is 0 Å². The number of rotatable bonds is 3. The predicted octanol–water partition coefficient (Wildman–Crippen LogP) is 0.879. The number of carbonyl (C=O) groups excluding carboxylic acids is 1. The fraction of sp³-hybridized carbons (Fsp3) is 0.529. The quantitative estimate of drug-likeness (QED) is 0.774. The number of carbonyl (C=O) groups is 1. The Hall–Kier alpha value is -1.96. The number of ether oxygens (including phenoxy) is 1. The van der Waals surface area contributed by atoms with Crippen molar-refractivity contribution in [1.82, 2.24) is 14.9 Å². The normalized spacial score (nSPS) is 24.5. The van der Waals surface area contributed by atoms with Crippen LogP contribution in [-0.2, 0) is 4.74 Å². The van der Waals surface area contributed by atoms with Gasteiger partial charge < -0.3 is 24.8 Å². The Kier molecular flexibility index (Phi) is 4.58. The second kappa shape index (κ2) is 6.51. The molecule has 1 fully saturated rings. The number of aliphatic hydroxyl groups excluding tert-OH is 2. The van der Waals surface area contributed by atoms with Crippen LogP contribution in [0.5, 0.6) is 0 Å². The molecule has 3 rings (SSSR count). The standard InChI is InChI=1S/C17H23N3O4/c1-9(2)16-18-11-5-4-10(6-12(11)19-16)17(23)20(3)13-7-24-8-14(21)15(13)22/h4-6,9,13-15,21-22H,7-8H2,1-3H3,(H,18,19)/t13-,14-,15+/m1/s1. The highest BCUT2D eigenvalue weighted by molar-refractivity contribution is 5.97. The molecule has 24 heavy (non-hydrogen) atoms. The van der Waals surface area contributed by atoms with Crippen molar-refractivity contribution in [3.8, 4) is 0 Å². The number of likely N-dealkylation sites (N-methyl/N-ethyl adjacent to an activating group) is 1. The first-order chi connectivity index (χ1) is 11.4. The minimum Gasteiger partial charge on any atom is -0.388 e. The first-order valence-electron chi connectivity index (χ1n) is 8.09. The first-order valence-corrected chi connectivity index (χ1v) is 8.09. The number of hydrogen-bond acceptors (Lipinski definition) is 5. The van der Waals surface area contributed by atoms with E-state index in [4.69, 9.17) is 4.74 Å². The molecule has 1 aromatic carbocycles. The number of benzene rings is 1. The van der Waals surface area contributed by atoms with Gasteiger partial charge in [-0.1, -0.05) is 13.8 Å². The van der Waals surface area contributed by atoms with Crippen LogP contribution in [0.2, 0.25) is 0 Å². The highest BCUT2D eigenvalue weighted by atomic mass is 16.5. The fourth-order valence-electron chi connectivity index (χ4n) is 2.89. The predicted molar refractivity (Wildman–Crippen MR) is 88.9 cm³/mol. The third kappa shape index (κ3) is 3.02. The van der Waals surface area contributed by atoms with E-state index in [2.05, 4.69) is 9.97 Å². The smallest absolute Gasteiger partial charge is 0.254 e. The molecule has 7 nitrogen and oxygen atoms in total. The summed E-state index contributed by atoms with van der Waals surface area (Å²) in [7, 11) is 1.61. The summed E-state index contributed by atoms with van der Waals surface area (Å²) in [5, 5.41) is 19.8. The van der Waals surface area contributed by atoms with Gasteiger partial charge in [0.05, 0.1) is 30.3 Å². The van der Waals surface area contributed by atoms with Crippen molar-refractivity contribution < 1.29 is 19.7 Å². The zero-order valence-corrected chi connectivity index (χ0v) is 14.1. The lowest BCUT2D eigenvalue weighted by molar-refractivity contribution is -0.122. The maximum absolute atomic E-state index is 12.7. The van der Waals surface area contributed by atoms with Gasteiger partial charge in [-0.3, -0.25) is 4.79 Å². The van der Waals surface area contributed by atoms with Crippen LogP contribution in [0.3, 0.4) is 0 Å². The summed E-state index contributed by atoms with van der Waals surface area (Å²) in [6, 6.07) is 4.71. The van der Waals surface area contributed by atoms with Crippen molar-refractivity contribution in [2.24, 2.45) is 0 Å². The molecule has 1 aliphatic heterocycles. The number of H-pyrrole nitrogens is 1. The van der Waals surface area contributed by atoms with E-state index in [9.17, 15) is 15.0 Å². The topological polar surface area (TPSA) is 98.7 Å². The van der Waals surface area contributed by atoms with Crippen LogP contribution >= 0.6 is 0 Å². The molecule has 1 aromatic heterocycles. The van der Waals surface area contributed by atoms with Gasteiger partial charge in [0.1, 0.15) is 18.0 Å². The minimum atomic E-state index is -1.02. The molecule has 0 radical (unpaired) electrons. The minimum absolute atomic E-state index is 0.0811. The number of nitrogens with one attached hydrogen (secondary N) is 1. The van der Waals surface area contributed by atoms with Crippen LogP contribution in [0.4, 0.5) is 0 Å². The SMILES string of the molecule is CC(C)c1nc2ccc(C(=O)N(C)[C@@H]3COC[C@@H](O)[C@H]3O)cc2[nH]1. The average Bonchev–Trinajstić information content (AvgIpc) is 2.99. The summed E-state index contributed by atoms with van der Waals surface area (Å²) >= 11 is 0.